The molecule has 1 aromatic carbocycles. The SMILES string of the molecule is COc1cc(C(C)F)c(OC)cc1CCN. The maximum atomic E-state index is 13.4. The molecule has 0 saturated heterocycles. The molecule has 0 aromatic heterocycles. The summed E-state index contributed by atoms with van der Waals surface area (Å²) in [6.45, 7) is 1.99. The summed E-state index contributed by atoms with van der Waals surface area (Å²) in [4.78, 5) is 0. The number of halogens is 1. The number of methoxy groups -OCH3 is 2. The molecule has 1 rings (SSSR count). The first-order valence-electron chi connectivity index (χ1n) is 5.23. The van der Waals surface area contributed by atoms with Crippen LogP contribution in [0.5, 0.6) is 11.5 Å². The van der Waals surface area contributed by atoms with Crippen molar-refractivity contribution in [2.75, 3.05) is 20.8 Å². The number of nitrogens with two attached hydrogens (primary N) is 1. The van der Waals surface area contributed by atoms with E-state index in [4.69, 9.17) is 15.2 Å². The maximum Gasteiger partial charge on any atom is 0.126 e. The van der Waals surface area contributed by atoms with Gasteiger partial charge in [-0.05, 0) is 37.6 Å². The highest BCUT2D eigenvalue weighted by Gasteiger charge is 2.15. The van der Waals surface area contributed by atoms with E-state index in [1.54, 1.807) is 19.2 Å². The van der Waals surface area contributed by atoms with Crippen molar-refractivity contribution in [3.63, 3.8) is 0 Å². The van der Waals surface area contributed by atoms with E-state index in [0.717, 1.165) is 5.56 Å². The van der Waals surface area contributed by atoms with Crippen LogP contribution in [-0.4, -0.2) is 20.8 Å². The molecule has 0 heterocycles. The van der Waals surface area contributed by atoms with Gasteiger partial charge in [0.15, 0.2) is 0 Å². The second kappa shape index (κ2) is 5.70. The zero-order valence-electron chi connectivity index (χ0n) is 9.92. The lowest BCUT2D eigenvalue weighted by molar-refractivity contribution is 0.341. The molecule has 0 radical (unpaired) electrons. The van der Waals surface area contributed by atoms with Gasteiger partial charge in [-0.25, -0.2) is 4.39 Å². The van der Waals surface area contributed by atoms with Crippen LogP contribution in [0.15, 0.2) is 12.1 Å². The summed E-state index contributed by atoms with van der Waals surface area (Å²) < 4.78 is 23.7. The normalized spacial score (nSPS) is 12.3. The standard InChI is InChI=1S/C12H18FNO2/c1-8(13)10-7-11(15-2)9(4-5-14)6-12(10)16-3/h6-8H,4-5,14H2,1-3H3. The van der Waals surface area contributed by atoms with Gasteiger partial charge in [0.1, 0.15) is 17.7 Å². The van der Waals surface area contributed by atoms with Gasteiger partial charge in [0.05, 0.1) is 14.2 Å². The van der Waals surface area contributed by atoms with E-state index in [9.17, 15) is 4.39 Å². The minimum absolute atomic E-state index is 0.500. The molecule has 0 aliphatic carbocycles. The van der Waals surface area contributed by atoms with Crippen LogP contribution in [0.1, 0.15) is 24.2 Å². The smallest absolute Gasteiger partial charge is 0.126 e. The molecular formula is C12H18FNO2. The summed E-state index contributed by atoms with van der Waals surface area (Å²) in [6.07, 6.45) is -0.406. The van der Waals surface area contributed by atoms with Gasteiger partial charge in [-0.3, -0.25) is 0 Å². The van der Waals surface area contributed by atoms with Gasteiger partial charge in [-0.15, -0.1) is 0 Å². The fourth-order valence-electron chi connectivity index (χ4n) is 1.65. The average Bonchev–Trinajstić information content (AvgIpc) is 2.28. The molecule has 1 atom stereocenters. The first kappa shape index (κ1) is 12.8. The van der Waals surface area contributed by atoms with Crippen molar-refractivity contribution in [1.29, 1.82) is 0 Å². The van der Waals surface area contributed by atoms with Crippen LogP contribution in [0, 0.1) is 0 Å². The number of benzene rings is 1. The van der Waals surface area contributed by atoms with Gasteiger partial charge in [-0.2, -0.15) is 0 Å². The van der Waals surface area contributed by atoms with Crippen molar-refractivity contribution in [1.82, 2.24) is 0 Å². The predicted octanol–water partition coefficient (Wildman–Crippen LogP) is 2.24. The number of ether oxygens (including phenoxy) is 2. The summed E-state index contributed by atoms with van der Waals surface area (Å²) in [7, 11) is 3.09. The first-order valence-corrected chi connectivity index (χ1v) is 5.23. The zero-order valence-corrected chi connectivity index (χ0v) is 9.92. The Bertz CT molecular complexity index is 353. The maximum absolute atomic E-state index is 13.4. The Morgan fingerprint density at radius 1 is 1.25 bits per heavy atom. The van der Waals surface area contributed by atoms with Gasteiger partial charge in [0.25, 0.3) is 0 Å². The van der Waals surface area contributed by atoms with Crippen LogP contribution in [0.4, 0.5) is 4.39 Å². The molecule has 2 N–H and O–H groups in total. The molecule has 3 nitrogen and oxygen atoms in total. The molecule has 16 heavy (non-hydrogen) atoms. The summed E-state index contributed by atoms with van der Waals surface area (Å²) in [5.74, 6) is 1.20. The molecule has 0 amide bonds. The van der Waals surface area contributed by atoms with Crippen molar-refractivity contribution in [3.05, 3.63) is 23.3 Å². The summed E-state index contributed by atoms with van der Waals surface area (Å²) in [5, 5.41) is 0. The highest BCUT2D eigenvalue weighted by atomic mass is 19.1. The molecule has 0 bridgehead atoms. The Kier molecular flexibility index (Phi) is 4.55. The van der Waals surface area contributed by atoms with Crippen molar-refractivity contribution in [2.24, 2.45) is 5.73 Å². The van der Waals surface area contributed by atoms with E-state index in [1.807, 2.05) is 0 Å². The van der Waals surface area contributed by atoms with Gasteiger partial charge < -0.3 is 15.2 Å². The monoisotopic (exact) mass is 227 g/mol. The third kappa shape index (κ3) is 2.64. The van der Waals surface area contributed by atoms with Crippen LogP contribution in [0.25, 0.3) is 0 Å². The van der Waals surface area contributed by atoms with E-state index in [2.05, 4.69) is 0 Å². The number of hydrogen-bond donors (Lipinski definition) is 1. The summed E-state index contributed by atoms with van der Waals surface area (Å²) >= 11 is 0. The quantitative estimate of drug-likeness (QED) is 0.839. The van der Waals surface area contributed by atoms with Gasteiger partial charge in [0, 0.05) is 5.56 Å². The molecule has 0 aliphatic heterocycles. The second-order valence-electron chi connectivity index (χ2n) is 3.56. The van der Waals surface area contributed by atoms with Crippen LogP contribution >= 0.6 is 0 Å². The summed E-state index contributed by atoms with van der Waals surface area (Å²) in [6, 6.07) is 3.46. The van der Waals surface area contributed by atoms with Crippen LogP contribution in [0.3, 0.4) is 0 Å². The fourth-order valence-corrected chi connectivity index (χ4v) is 1.65. The van der Waals surface area contributed by atoms with Crippen molar-refractivity contribution in [2.45, 2.75) is 19.5 Å². The zero-order chi connectivity index (χ0) is 12.1. The lowest BCUT2D eigenvalue weighted by Gasteiger charge is -2.15. The van der Waals surface area contributed by atoms with Crippen molar-refractivity contribution < 1.29 is 13.9 Å². The molecule has 0 saturated carbocycles. The molecule has 1 unspecified atom stereocenters. The van der Waals surface area contributed by atoms with E-state index >= 15 is 0 Å². The Labute approximate surface area is 95.4 Å². The van der Waals surface area contributed by atoms with Crippen molar-refractivity contribution in [3.8, 4) is 11.5 Å². The van der Waals surface area contributed by atoms with Crippen molar-refractivity contribution >= 4 is 0 Å². The Balaban J connectivity index is 3.22. The third-order valence-corrected chi connectivity index (χ3v) is 2.47. The van der Waals surface area contributed by atoms with Gasteiger partial charge >= 0.3 is 0 Å². The predicted molar refractivity (Wildman–Crippen MR) is 61.8 cm³/mol. The van der Waals surface area contributed by atoms with Crippen LogP contribution in [0.2, 0.25) is 0 Å². The second-order valence-corrected chi connectivity index (χ2v) is 3.56. The topological polar surface area (TPSA) is 44.5 Å². The number of alkyl halides is 1. The van der Waals surface area contributed by atoms with E-state index in [1.165, 1.54) is 14.0 Å². The highest BCUT2D eigenvalue weighted by Crippen LogP contribution is 2.34. The minimum atomic E-state index is -1.09. The third-order valence-electron chi connectivity index (χ3n) is 2.47. The Morgan fingerprint density at radius 2 is 1.88 bits per heavy atom. The van der Waals surface area contributed by atoms with E-state index in [0.29, 0.717) is 30.0 Å². The molecule has 0 aliphatic rings. The molecule has 1 aromatic rings. The lowest BCUT2D eigenvalue weighted by atomic mass is 10.0. The van der Waals surface area contributed by atoms with Gasteiger partial charge in [0.2, 0.25) is 0 Å². The molecule has 0 spiro atoms. The lowest BCUT2D eigenvalue weighted by Crippen LogP contribution is -2.06. The molecular weight excluding hydrogens is 209 g/mol. The van der Waals surface area contributed by atoms with Crippen LogP contribution in [-0.2, 0) is 6.42 Å². The first-order chi connectivity index (χ1) is 7.63. The number of rotatable bonds is 5. The van der Waals surface area contributed by atoms with Gasteiger partial charge in [-0.1, -0.05) is 0 Å². The average molecular weight is 227 g/mol. The molecule has 4 heteroatoms. The Hall–Kier alpha value is -1.29. The largest absolute Gasteiger partial charge is 0.496 e. The minimum Gasteiger partial charge on any atom is -0.496 e. The fraction of sp³-hybridized carbons (Fsp3) is 0.500. The van der Waals surface area contributed by atoms with E-state index < -0.39 is 6.17 Å². The van der Waals surface area contributed by atoms with E-state index in [-0.39, 0.29) is 0 Å². The van der Waals surface area contributed by atoms with Crippen LogP contribution < -0.4 is 15.2 Å². The Morgan fingerprint density at radius 3 is 2.31 bits per heavy atom. The molecule has 0 fully saturated rings. The highest BCUT2D eigenvalue weighted by molar-refractivity contribution is 5.47. The summed E-state index contributed by atoms with van der Waals surface area (Å²) in [5.41, 5.74) is 6.94. The molecule has 90 valence electrons. The number of hydrogen-bond acceptors (Lipinski definition) is 3.